The van der Waals surface area contributed by atoms with E-state index >= 15 is 0 Å². The summed E-state index contributed by atoms with van der Waals surface area (Å²) >= 11 is 0. The highest BCUT2D eigenvalue weighted by molar-refractivity contribution is 5.92. The van der Waals surface area contributed by atoms with Gasteiger partial charge in [-0.25, -0.2) is 0 Å². The van der Waals surface area contributed by atoms with E-state index in [1.165, 1.54) is 0 Å². The summed E-state index contributed by atoms with van der Waals surface area (Å²) in [5, 5.41) is 2.96. The lowest BCUT2D eigenvalue weighted by Crippen LogP contribution is -3.08. The lowest BCUT2D eigenvalue weighted by atomic mass is 10.2. The van der Waals surface area contributed by atoms with Crippen molar-refractivity contribution in [2.24, 2.45) is 0 Å². The van der Waals surface area contributed by atoms with Crippen LogP contribution in [0.5, 0.6) is 11.5 Å². The number of hydrogen-bond acceptors (Lipinski definition) is 3. The molecule has 1 heterocycles. The Morgan fingerprint density at radius 2 is 1.96 bits per heavy atom. The second-order valence-corrected chi connectivity index (χ2v) is 5.86. The van der Waals surface area contributed by atoms with Gasteiger partial charge in [0.05, 0.1) is 7.05 Å². The fourth-order valence-electron chi connectivity index (χ4n) is 2.64. The molecule has 2 N–H and O–H groups in total. The number of carbonyl (C=O) groups excluding carboxylic acids is 1. The Hall–Kier alpha value is -2.53. The molecule has 0 saturated heterocycles. The topological polar surface area (TPSA) is 52.0 Å². The van der Waals surface area contributed by atoms with Crippen molar-refractivity contribution in [3.63, 3.8) is 0 Å². The van der Waals surface area contributed by atoms with E-state index in [-0.39, 0.29) is 12.7 Å². The zero-order valence-electron chi connectivity index (χ0n) is 13.4. The number of nitrogens with one attached hydrogen (secondary N) is 2. The molecule has 2 aromatic carbocycles. The van der Waals surface area contributed by atoms with Crippen LogP contribution in [0.2, 0.25) is 0 Å². The summed E-state index contributed by atoms with van der Waals surface area (Å²) in [6.45, 7) is 3.42. The summed E-state index contributed by atoms with van der Waals surface area (Å²) in [7, 11) is 2.00. The quantitative estimate of drug-likeness (QED) is 0.877. The van der Waals surface area contributed by atoms with Crippen LogP contribution in [-0.2, 0) is 11.3 Å². The maximum absolute atomic E-state index is 12.2. The second kappa shape index (κ2) is 6.71. The molecule has 0 saturated carbocycles. The molecule has 0 aliphatic carbocycles. The molecule has 2 aromatic rings. The van der Waals surface area contributed by atoms with Gasteiger partial charge >= 0.3 is 0 Å². The predicted molar refractivity (Wildman–Crippen MR) is 87.8 cm³/mol. The van der Waals surface area contributed by atoms with Crippen LogP contribution >= 0.6 is 0 Å². The normalized spacial score (nSPS) is 13.7. The average Bonchev–Trinajstić information content (AvgIpc) is 2.97. The first-order valence-electron chi connectivity index (χ1n) is 7.67. The minimum Gasteiger partial charge on any atom is -0.454 e. The van der Waals surface area contributed by atoms with Crippen molar-refractivity contribution in [1.29, 1.82) is 0 Å². The first-order chi connectivity index (χ1) is 11.1. The van der Waals surface area contributed by atoms with Crippen LogP contribution in [0.25, 0.3) is 0 Å². The van der Waals surface area contributed by atoms with Gasteiger partial charge in [0.1, 0.15) is 6.54 Å². The third-order valence-electron chi connectivity index (χ3n) is 3.82. The number of ether oxygens (including phenoxy) is 2. The number of quaternary nitrogens is 1. The lowest BCUT2D eigenvalue weighted by Gasteiger charge is -2.15. The highest BCUT2D eigenvalue weighted by Crippen LogP contribution is 2.32. The van der Waals surface area contributed by atoms with E-state index < -0.39 is 0 Å². The second-order valence-electron chi connectivity index (χ2n) is 5.86. The van der Waals surface area contributed by atoms with E-state index in [0.29, 0.717) is 6.54 Å². The van der Waals surface area contributed by atoms with Gasteiger partial charge in [0, 0.05) is 11.3 Å². The van der Waals surface area contributed by atoms with E-state index in [1.807, 2.05) is 56.4 Å². The van der Waals surface area contributed by atoms with Crippen molar-refractivity contribution in [1.82, 2.24) is 0 Å². The number of benzene rings is 2. The summed E-state index contributed by atoms with van der Waals surface area (Å²) in [5.74, 6) is 1.57. The monoisotopic (exact) mass is 313 g/mol. The zero-order valence-corrected chi connectivity index (χ0v) is 13.4. The molecule has 0 fully saturated rings. The molecule has 0 aromatic heterocycles. The molecule has 5 nitrogen and oxygen atoms in total. The Kier molecular flexibility index (Phi) is 4.48. The van der Waals surface area contributed by atoms with Crippen molar-refractivity contribution in [2.75, 3.05) is 25.7 Å². The van der Waals surface area contributed by atoms with Crippen molar-refractivity contribution in [3.8, 4) is 11.5 Å². The molecular formula is C18H21N2O3+. The number of anilines is 1. The lowest BCUT2D eigenvalue weighted by molar-refractivity contribution is -0.885. The number of likely N-dealkylation sites (N-methyl/N-ethyl adjacent to an activating group) is 1. The number of rotatable bonds is 5. The number of amides is 1. The number of aryl methyl sites for hydroxylation is 1. The highest BCUT2D eigenvalue weighted by Gasteiger charge is 2.16. The molecule has 0 spiro atoms. The fraction of sp³-hybridized carbons (Fsp3) is 0.278. The van der Waals surface area contributed by atoms with E-state index in [4.69, 9.17) is 9.47 Å². The standard InChI is InChI=1S/C18H20N2O3/c1-13-5-3-4-6-15(13)19-18(21)11-20(2)10-14-7-8-16-17(9-14)23-12-22-16/h3-9H,10-12H2,1-2H3,(H,19,21)/p+1. The van der Waals surface area contributed by atoms with Crippen LogP contribution in [0, 0.1) is 6.92 Å². The molecule has 1 aliphatic heterocycles. The molecule has 120 valence electrons. The predicted octanol–water partition coefficient (Wildman–Crippen LogP) is 1.38. The minimum atomic E-state index is 0.0116. The Labute approximate surface area is 135 Å². The molecule has 1 atom stereocenters. The fourth-order valence-corrected chi connectivity index (χ4v) is 2.64. The third-order valence-corrected chi connectivity index (χ3v) is 3.82. The van der Waals surface area contributed by atoms with Gasteiger partial charge in [-0.15, -0.1) is 0 Å². The Morgan fingerprint density at radius 3 is 2.78 bits per heavy atom. The largest absolute Gasteiger partial charge is 0.454 e. The van der Waals surface area contributed by atoms with Crippen molar-refractivity contribution in [3.05, 3.63) is 53.6 Å². The van der Waals surface area contributed by atoms with Gasteiger partial charge in [-0.05, 0) is 36.8 Å². The number of para-hydroxylation sites is 1. The van der Waals surface area contributed by atoms with Gasteiger partial charge in [0.15, 0.2) is 18.0 Å². The van der Waals surface area contributed by atoms with Crippen molar-refractivity contribution in [2.45, 2.75) is 13.5 Å². The molecule has 1 aliphatic rings. The number of hydrogen-bond donors (Lipinski definition) is 2. The number of fused-ring (bicyclic) bond motifs is 1. The van der Waals surface area contributed by atoms with Gasteiger partial charge in [0.2, 0.25) is 6.79 Å². The van der Waals surface area contributed by atoms with E-state index in [1.54, 1.807) is 0 Å². The van der Waals surface area contributed by atoms with Gasteiger partial charge in [-0.3, -0.25) is 4.79 Å². The molecule has 3 rings (SSSR count). The van der Waals surface area contributed by atoms with Crippen LogP contribution in [0.15, 0.2) is 42.5 Å². The van der Waals surface area contributed by atoms with Crippen LogP contribution in [-0.4, -0.2) is 26.3 Å². The van der Waals surface area contributed by atoms with Crippen LogP contribution in [0.3, 0.4) is 0 Å². The van der Waals surface area contributed by atoms with Crippen molar-refractivity contribution < 1.29 is 19.2 Å². The van der Waals surface area contributed by atoms with Gasteiger partial charge in [-0.2, -0.15) is 0 Å². The summed E-state index contributed by atoms with van der Waals surface area (Å²) in [4.78, 5) is 13.3. The van der Waals surface area contributed by atoms with Gasteiger partial charge in [0.25, 0.3) is 5.91 Å². The maximum atomic E-state index is 12.2. The van der Waals surface area contributed by atoms with Crippen LogP contribution in [0.4, 0.5) is 5.69 Å². The SMILES string of the molecule is Cc1ccccc1NC(=O)C[NH+](C)Cc1ccc2c(c1)OCO2. The highest BCUT2D eigenvalue weighted by atomic mass is 16.7. The molecule has 0 bridgehead atoms. The van der Waals surface area contributed by atoms with E-state index in [0.717, 1.165) is 39.8 Å². The number of carbonyl (C=O) groups is 1. The molecule has 5 heteroatoms. The third kappa shape index (κ3) is 3.81. The summed E-state index contributed by atoms with van der Waals surface area (Å²) in [6, 6.07) is 13.7. The average molecular weight is 313 g/mol. The zero-order chi connectivity index (χ0) is 16.2. The van der Waals surface area contributed by atoms with E-state index in [9.17, 15) is 4.79 Å². The van der Waals surface area contributed by atoms with Crippen LogP contribution in [0.1, 0.15) is 11.1 Å². The molecule has 1 unspecified atom stereocenters. The van der Waals surface area contributed by atoms with Gasteiger partial charge in [-0.1, -0.05) is 18.2 Å². The Morgan fingerprint density at radius 1 is 1.17 bits per heavy atom. The molecule has 0 radical (unpaired) electrons. The summed E-state index contributed by atoms with van der Waals surface area (Å²) < 4.78 is 10.7. The van der Waals surface area contributed by atoms with E-state index in [2.05, 4.69) is 5.32 Å². The van der Waals surface area contributed by atoms with Gasteiger partial charge < -0.3 is 19.7 Å². The van der Waals surface area contributed by atoms with Crippen LogP contribution < -0.4 is 19.7 Å². The molecular weight excluding hydrogens is 292 g/mol. The molecule has 1 amide bonds. The minimum absolute atomic E-state index is 0.0116. The summed E-state index contributed by atoms with van der Waals surface area (Å²) in [6.07, 6.45) is 0. The first-order valence-corrected chi connectivity index (χ1v) is 7.67. The molecule has 23 heavy (non-hydrogen) atoms. The maximum Gasteiger partial charge on any atom is 0.279 e. The Balaban J connectivity index is 1.55. The van der Waals surface area contributed by atoms with Crippen molar-refractivity contribution >= 4 is 11.6 Å². The first kappa shape index (κ1) is 15.4. The smallest absolute Gasteiger partial charge is 0.279 e. The Bertz CT molecular complexity index is 715. The summed E-state index contributed by atoms with van der Waals surface area (Å²) in [5.41, 5.74) is 3.05.